The van der Waals surface area contributed by atoms with Crippen LogP contribution in [0.1, 0.15) is 0 Å². The summed E-state index contributed by atoms with van der Waals surface area (Å²) in [5, 5.41) is 11.8. The molecule has 0 saturated carbocycles. The van der Waals surface area contributed by atoms with E-state index in [0.29, 0.717) is 0 Å². The Morgan fingerprint density at radius 1 is 0.405 bits per heavy atom. The second-order valence-electron chi connectivity index (χ2n) is 10.2. The van der Waals surface area contributed by atoms with Gasteiger partial charge in [0, 0.05) is 22.0 Å². The van der Waals surface area contributed by atoms with E-state index in [0.717, 1.165) is 0 Å². The number of hydrogen-bond donors (Lipinski definition) is 1. The molecule has 0 bridgehead atoms. The molecule has 1 aliphatic rings. The van der Waals surface area contributed by atoms with Crippen LogP contribution in [0.2, 0.25) is 0 Å². The van der Waals surface area contributed by atoms with Crippen LogP contribution in [0, 0.1) is 0 Å². The minimum atomic E-state index is 1.19. The number of aromatic nitrogens is 1. The maximum atomic E-state index is 3.74. The van der Waals surface area contributed by atoms with Crippen molar-refractivity contribution in [1.82, 2.24) is 4.98 Å². The van der Waals surface area contributed by atoms with Crippen molar-refractivity contribution in [2.45, 2.75) is 0 Å². The van der Waals surface area contributed by atoms with Crippen LogP contribution in [0.5, 0.6) is 0 Å². The molecule has 0 amide bonds. The van der Waals surface area contributed by atoms with E-state index < -0.39 is 0 Å². The van der Waals surface area contributed by atoms with Crippen molar-refractivity contribution in [2.75, 3.05) is 0 Å². The van der Waals surface area contributed by atoms with E-state index in [9.17, 15) is 0 Å². The second-order valence-corrected chi connectivity index (χ2v) is 10.2. The SMILES string of the molecule is c1cc2c3c(cccc3c1)-c1c-2[nH]c2ccc(-c3ccc4c5ccccc5c5ccccc5c4c3)cc12. The van der Waals surface area contributed by atoms with E-state index in [1.54, 1.807) is 0 Å². The van der Waals surface area contributed by atoms with Crippen molar-refractivity contribution >= 4 is 54.0 Å². The summed E-state index contributed by atoms with van der Waals surface area (Å²) < 4.78 is 0. The van der Waals surface area contributed by atoms with Crippen molar-refractivity contribution in [3.05, 3.63) is 121 Å². The highest BCUT2D eigenvalue weighted by molar-refractivity contribution is 6.26. The Labute approximate surface area is 213 Å². The zero-order chi connectivity index (χ0) is 24.1. The highest BCUT2D eigenvalue weighted by Crippen LogP contribution is 2.50. The van der Waals surface area contributed by atoms with Gasteiger partial charge >= 0.3 is 0 Å². The maximum absolute atomic E-state index is 3.74. The molecule has 0 spiro atoms. The second kappa shape index (κ2) is 6.87. The Morgan fingerprint density at radius 3 is 1.68 bits per heavy atom. The predicted molar refractivity (Wildman–Crippen MR) is 158 cm³/mol. The smallest absolute Gasteiger partial charge is 0.0551 e. The molecule has 0 unspecified atom stereocenters. The lowest BCUT2D eigenvalue weighted by Crippen LogP contribution is -1.85. The van der Waals surface area contributed by atoms with Gasteiger partial charge in [-0.2, -0.15) is 0 Å². The fraction of sp³-hybridized carbons (Fsp3) is 0. The molecule has 1 heterocycles. The number of benzene rings is 7. The fourth-order valence-corrected chi connectivity index (χ4v) is 6.70. The summed E-state index contributed by atoms with van der Waals surface area (Å²) in [6.45, 7) is 0. The summed E-state index contributed by atoms with van der Waals surface area (Å²) in [6, 6.07) is 44.7. The number of aromatic amines is 1. The molecule has 1 aliphatic carbocycles. The summed E-state index contributed by atoms with van der Waals surface area (Å²) >= 11 is 0. The molecule has 1 heteroatoms. The molecule has 9 rings (SSSR count). The Morgan fingerprint density at radius 2 is 0.973 bits per heavy atom. The standard InChI is InChI=1S/C36H21N/c1-2-11-26-24(9-1)25-10-3-4-12-27(25)31-19-22(15-17-28(26)31)23-16-18-33-32(20-23)35-29-13-5-7-21-8-6-14-30(34(21)29)36(35)37-33/h1-20,37H. The molecule has 1 aromatic heterocycles. The number of hydrogen-bond acceptors (Lipinski definition) is 0. The van der Waals surface area contributed by atoms with E-state index in [1.165, 1.54) is 87.5 Å². The lowest BCUT2D eigenvalue weighted by molar-refractivity contribution is 1.48. The number of nitrogens with one attached hydrogen (secondary N) is 1. The molecule has 0 fully saturated rings. The van der Waals surface area contributed by atoms with Crippen LogP contribution in [0.15, 0.2) is 121 Å². The Kier molecular flexibility index (Phi) is 3.59. The molecule has 1 N–H and O–H groups in total. The summed E-state index contributed by atoms with van der Waals surface area (Å²) in [5.74, 6) is 0. The van der Waals surface area contributed by atoms with Crippen molar-refractivity contribution < 1.29 is 0 Å². The highest BCUT2D eigenvalue weighted by atomic mass is 14.7. The molecule has 7 aromatic carbocycles. The summed E-state index contributed by atoms with van der Waals surface area (Å²) in [7, 11) is 0. The van der Waals surface area contributed by atoms with Gasteiger partial charge < -0.3 is 4.98 Å². The average Bonchev–Trinajstić information content (AvgIpc) is 3.49. The van der Waals surface area contributed by atoms with Crippen molar-refractivity contribution in [1.29, 1.82) is 0 Å². The van der Waals surface area contributed by atoms with Crippen LogP contribution < -0.4 is 0 Å². The van der Waals surface area contributed by atoms with Gasteiger partial charge in [0.25, 0.3) is 0 Å². The van der Waals surface area contributed by atoms with Gasteiger partial charge in [-0.25, -0.2) is 0 Å². The fourth-order valence-electron chi connectivity index (χ4n) is 6.70. The zero-order valence-corrected chi connectivity index (χ0v) is 20.0. The molecule has 0 aliphatic heterocycles. The van der Waals surface area contributed by atoms with Crippen LogP contribution in [0.25, 0.3) is 87.5 Å². The topological polar surface area (TPSA) is 15.8 Å². The summed E-state index contributed by atoms with van der Waals surface area (Å²) in [5.41, 5.74) is 8.91. The Hall–Kier alpha value is -4.88. The van der Waals surface area contributed by atoms with E-state index in [-0.39, 0.29) is 0 Å². The average molecular weight is 468 g/mol. The predicted octanol–water partition coefficient (Wildman–Crippen LogP) is 10.1. The third kappa shape index (κ3) is 2.48. The zero-order valence-electron chi connectivity index (χ0n) is 20.0. The molecule has 37 heavy (non-hydrogen) atoms. The summed E-state index contributed by atoms with van der Waals surface area (Å²) in [6.07, 6.45) is 0. The summed E-state index contributed by atoms with van der Waals surface area (Å²) in [4.78, 5) is 3.74. The molecule has 0 radical (unpaired) electrons. The largest absolute Gasteiger partial charge is 0.354 e. The van der Waals surface area contributed by atoms with Crippen LogP contribution in [-0.2, 0) is 0 Å². The van der Waals surface area contributed by atoms with Crippen LogP contribution in [0.3, 0.4) is 0 Å². The van der Waals surface area contributed by atoms with E-state index in [1.807, 2.05) is 0 Å². The van der Waals surface area contributed by atoms with Crippen LogP contribution >= 0.6 is 0 Å². The van der Waals surface area contributed by atoms with Gasteiger partial charge in [-0.05, 0) is 78.0 Å². The quantitative estimate of drug-likeness (QED) is 0.231. The van der Waals surface area contributed by atoms with Crippen molar-refractivity contribution in [3.8, 4) is 33.5 Å². The van der Waals surface area contributed by atoms with Gasteiger partial charge in [0.2, 0.25) is 0 Å². The number of rotatable bonds is 1. The Balaban J connectivity index is 1.31. The third-order valence-corrected chi connectivity index (χ3v) is 8.32. The normalized spacial score (nSPS) is 12.3. The van der Waals surface area contributed by atoms with Gasteiger partial charge in [0.05, 0.1) is 5.69 Å². The first kappa shape index (κ1) is 19.3. The van der Waals surface area contributed by atoms with Gasteiger partial charge in [-0.15, -0.1) is 0 Å². The lowest BCUT2D eigenvalue weighted by Gasteiger charge is -2.12. The minimum absolute atomic E-state index is 1.19. The van der Waals surface area contributed by atoms with E-state index in [2.05, 4.69) is 126 Å². The first-order chi connectivity index (χ1) is 18.3. The van der Waals surface area contributed by atoms with Gasteiger partial charge in [0.1, 0.15) is 0 Å². The highest BCUT2D eigenvalue weighted by Gasteiger charge is 2.25. The first-order valence-electron chi connectivity index (χ1n) is 12.9. The molecule has 1 nitrogen and oxygen atoms in total. The van der Waals surface area contributed by atoms with Crippen molar-refractivity contribution in [2.24, 2.45) is 0 Å². The molecule has 170 valence electrons. The van der Waals surface area contributed by atoms with Crippen LogP contribution in [0.4, 0.5) is 0 Å². The Bertz CT molecular complexity index is 2210. The molecule has 0 atom stereocenters. The molecule has 0 saturated heterocycles. The molecular formula is C36H21N. The third-order valence-electron chi connectivity index (χ3n) is 8.32. The number of fused-ring (bicyclic) bond motifs is 11. The molecular weight excluding hydrogens is 446 g/mol. The van der Waals surface area contributed by atoms with E-state index in [4.69, 9.17) is 0 Å². The van der Waals surface area contributed by atoms with E-state index >= 15 is 0 Å². The van der Waals surface area contributed by atoms with Crippen molar-refractivity contribution in [3.63, 3.8) is 0 Å². The monoisotopic (exact) mass is 467 g/mol. The first-order valence-corrected chi connectivity index (χ1v) is 12.9. The van der Waals surface area contributed by atoms with Gasteiger partial charge in [0.15, 0.2) is 0 Å². The minimum Gasteiger partial charge on any atom is -0.354 e. The van der Waals surface area contributed by atoms with Gasteiger partial charge in [-0.1, -0.05) is 103 Å². The number of H-pyrrole nitrogens is 1. The molecule has 8 aromatic rings. The lowest BCUT2D eigenvalue weighted by atomic mass is 9.91. The van der Waals surface area contributed by atoms with Crippen LogP contribution in [-0.4, -0.2) is 4.98 Å². The maximum Gasteiger partial charge on any atom is 0.0551 e. The van der Waals surface area contributed by atoms with Gasteiger partial charge in [-0.3, -0.25) is 0 Å².